The number of rotatable bonds is 4. The zero-order valence-corrected chi connectivity index (χ0v) is 9.79. The van der Waals surface area contributed by atoms with Gasteiger partial charge in [-0.15, -0.1) is 0 Å². The third-order valence-corrected chi connectivity index (χ3v) is 2.63. The second kappa shape index (κ2) is 4.94. The van der Waals surface area contributed by atoms with Crippen LogP contribution in [-0.2, 0) is 7.05 Å². The van der Waals surface area contributed by atoms with Crippen LogP contribution < -0.4 is 16.0 Å². The molecule has 0 aliphatic heterocycles. The molecule has 2 rings (SSSR count). The lowest BCUT2D eigenvalue weighted by Crippen LogP contribution is -2.30. The summed E-state index contributed by atoms with van der Waals surface area (Å²) in [6, 6.07) is 3.61. The van der Waals surface area contributed by atoms with E-state index in [2.05, 4.69) is 15.5 Å². The van der Waals surface area contributed by atoms with Crippen molar-refractivity contribution in [3.8, 4) is 5.75 Å². The summed E-state index contributed by atoms with van der Waals surface area (Å²) in [5.41, 5.74) is 4.57. The Morgan fingerprint density at radius 3 is 2.88 bits per heavy atom. The van der Waals surface area contributed by atoms with Crippen molar-refractivity contribution >= 4 is 0 Å². The molecular weight excluding hydrogens is 218 g/mol. The Labute approximate surface area is 99.4 Å². The van der Waals surface area contributed by atoms with Crippen molar-refractivity contribution in [2.24, 2.45) is 12.9 Å². The number of aryl methyl sites for hydroxylation is 1. The van der Waals surface area contributed by atoms with E-state index in [4.69, 9.17) is 10.6 Å². The first-order valence-electron chi connectivity index (χ1n) is 5.20. The Hall–Kier alpha value is -1.92. The van der Waals surface area contributed by atoms with Gasteiger partial charge in [0.15, 0.2) is 5.75 Å². The van der Waals surface area contributed by atoms with Crippen LogP contribution in [0.5, 0.6) is 5.75 Å². The summed E-state index contributed by atoms with van der Waals surface area (Å²) in [6.45, 7) is 0. The fourth-order valence-corrected chi connectivity index (χ4v) is 1.79. The first kappa shape index (κ1) is 11.6. The van der Waals surface area contributed by atoms with Gasteiger partial charge in [-0.3, -0.25) is 15.5 Å². The van der Waals surface area contributed by atoms with E-state index in [9.17, 15) is 0 Å². The first-order chi connectivity index (χ1) is 8.27. The molecular formula is C11H15N5O. The molecule has 0 aliphatic rings. The number of hydrogen-bond acceptors (Lipinski definition) is 5. The van der Waals surface area contributed by atoms with Crippen molar-refractivity contribution in [3.05, 3.63) is 42.0 Å². The van der Waals surface area contributed by atoms with Gasteiger partial charge in [0.1, 0.15) is 5.69 Å². The number of ether oxygens (including phenoxy) is 1. The molecule has 2 aromatic heterocycles. The summed E-state index contributed by atoms with van der Waals surface area (Å²) < 4.78 is 7.00. The van der Waals surface area contributed by atoms with Crippen molar-refractivity contribution in [2.45, 2.75) is 6.04 Å². The fourth-order valence-electron chi connectivity index (χ4n) is 1.79. The van der Waals surface area contributed by atoms with E-state index in [0.29, 0.717) is 5.75 Å². The lowest BCUT2D eigenvalue weighted by atomic mass is 10.1. The highest BCUT2D eigenvalue weighted by molar-refractivity contribution is 5.35. The summed E-state index contributed by atoms with van der Waals surface area (Å²) in [6.07, 6.45) is 5.14. The zero-order valence-electron chi connectivity index (χ0n) is 9.79. The van der Waals surface area contributed by atoms with Crippen LogP contribution in [0.2, 0.25) is 0 Å². The third-order valence-electron chi connectivity index (χ3n) is 2.63. The molecule has 6 nitrogen and oxygen atoms in total. The molecule has 1 atom stereocenters. The largest absolute Gasteiger partial charge is 0.493 e. The van der Waals surface area contributed by atoms with Gasteiger partial charge in [0, 0.05) is 19.4 Å². The molecule has 0 saturated heterocycles. The van der Waals surface area contributed by atoms with E-state index in [1.54, 1.807) is 30.4 Å². The number of nitrogens with zero attached hydrogens (tertiary/aromatic N) is 3. The lowest BCUT2D eigenvalue weighted by Gasteiger charge is -2.17. The van der Waals surface area contributed by atoms with Crippen molar-refractivity contribution in [1.82, 2.24) is 20.2 Å². The van der Waals surface area contributed by atoms with Crippen molar-refractivity contribution < 1.29 is 4.74 Å². The van der Waals surface area contributed by atoms with Gasteiger partial charge in [-0.2, -0.15) is 5.10 Å². The molecule has 6 heteroatoms. The molecule has 90 valence electrons. The average molecular weight is 233 g/mol. The molecule has 0 radical (unpaired) electrons. The molecule has 0 bridgehead atoms. The standard InChI is InChI=1S/C11H15N5O/c1-16-11(9(17-2)7-14-16)10(15-12)8-4-3-5-13-6-8/h3-7,10,15H,12H2,1-2H3. The molecule has 1 unspecified atom stereocenters. The van der Waals surface area contributed by atoms with Gasteiger partial charge in [-0.05, 0) is 11.6 Å². The SMILES string of the molecule is COc1cnn(C)c1C(NN)c1cccnc1. The maximum atomic E-state index is 5.61. The molecule has 3 N–H and O–H groups in total. The van der Waals surface area contributed by atoms with Gasteiger partial charge in [-0.1, -0.05) is 6.07 Å². The van der Waals surface area contributed by atoms with Crippen LogP contribution in [0, 0.1) is 0 Å². The van der Waals surface area contributed by atoms with E-state index >= 15 is 0 Å². The molecule has 0 amide bonds. The van der Waals surface area contributed by atoms with Crippen molar-refractivity contribution in [3.63, 3.8) is 0 Å². The van der Waals surface area contributed by atoms with E-state index < -0.39 is 0 Å². The molecule has 17 heavy (non-hydrogen) atoms. The van der Waals surface area contributed by atoms with Gasteiger partial charge < -0.3 is 4.74 Å². The van der Waals surface area contributed by atoms with Crippen LogP contribution in [0.3, 0.4) is 0 Å². The molecule has 0 aromatic carbocycles. The Kier molecular flexibility index (Phi) is 3.36. The predicted molar refractivity (Wildman–Crippen MR) is 63.2 cm³/mol. The Morgan fingerprint density at radius 2 is 2.29 bits per heavy atom. The second-order valence-electron chi connectivity index (χ2n) is 3.61. The Bertz CT molecular complexity index is 482. The van der Waals surface area contributed by atoms with Gasteiger partial charge in [0.05, 0.1) is 19.3 Å². The topological polar surface area (TPSA) is 78.0 Å². The predicted octanol–water partition coefficient (Wildman–Crippen LogP) is 0.376. The van der Waals surface area contributed by atoms with E-state index in [-0.39, 0.29) is 6.04 Å². The summed E-state index contributed by atoms with van der Waals surface area (Å²) in [7, 11) is 3.45. The van der Waals surface area contributed by atoms with Crippen LogP contribution in [0.1, 0.15) is 17.3 Å². The van der Waals surface area contributed by atoms with Gasteiger partial charge >= 0.3 is 0 Å². The summed E-state index contributed by atoms with van der Waals surface area (Å²) in [5.74, 6) is 6.31. The van der Waals surface area contributed by atoms with Crippen molar-refractivity contribution in [2.75, 3.05) is 7.11 Å². The van der Waals surface area contributed by atoms with E-state index in [0.717, 1.165) is 11.3 Å². The molecule has 0 aliphatic carbocycles. The van der Waals surface area contributed by atoms with E-state index in [1.807, 2.05) is 19.2 Å². The third kappa shape index (κ3) is 2.13. The van der Waals surface area contributed by atoms with Crippen LogP contribution in [-0.4, -0.2) is 21.9 Å². The smallest absolute Gasteiger partial charge is 0.161 e. The van der Waals surface area contributed by atoms with Gasteiger partial charge in [-0.25, -0.2) is 5.43 Å². The second-order valence-corrected chi connectivity index (χ2v) is 3.61. The highest BCUT2D eigenvalue weighted by Crippen LogP contribution is 2.28. The summed E-state index contributed by atoms with van der Waals surface area (Å²) in [4.78, 5) is 4.08. The highest BCUT2D eigenvalue weighted by Gasteiger charge is 2.21. The van der Waals surface area contributed by atoms with E-state index in [1.165, 1.54) is 0 Å². The van der Waals surface area contributed by atoms with Crippen LogP contribution >= 0.6 is 0 Å². The normalized spacial score (nSPS) is 12.4. The summed E-state index contributed by atoms with van der Waals surface area (Å²) in [5, 5.41) is 4.16. The maximum Gasteiger partial charge on any atom is 0.161 e. The number of pyridine rings is 1. The number of aromatic nitrogens is 3. The number of methoxy groups -OCH3 is 1. The monoisotopic (exact) mass is 233 g/mol. The molecule has 2 aromatic rings. The quantitative estimate of drug-likeness (QED) is 0.589. The number of hydrogen-bond donors (Lipinski definition) is 2. The zero-order chi connectivity index (χ0) is 12.3. The van der Waals surface area contributed by atoms with Crippen LogP contribution in [0.25, 0.3) is 0 Å². The first-order valence-corrected chi connectivity index (χ1v) is 5.20. The number of nitrogens with one attached hydrogen (secondary N) is 1. The average Bonchev–Trinajstić information content (AvgIpc) is 2.74. The Morgan fingerprint density at radius 1 is 1.47 bits per heavy atom. The minimum Gasteiger partial charge on any atom is -0.493 e. The molecule has 0 spiro atoms. The minimum atomic E-state index is -0.203. The van der Waals surface area contributed by atoms with Gasteiger partial charge in [0.25, 0.3) is 0 Å². The number of nitrogens with two attached hydrogens (primary N) is 1. The van der Waals surface area contributed by atoms with Gasteiger partial charge in [0.2, 0.25) is 0 Å². The fraction of sp³-hybridized carbons (Fsp3) is 0.273. The summed E-state index contributed by atoms with van der Waals surface area (Å²) >= 11 is 0. The van der Waals surface area contributed by atoms with Crippen LogP contribution in [0.4, 0.5) is 0 Å². The van der Waals surface area contributed by atoms with Crippen LogP contribution in [0.15, 0.2) is 30.7 Å². The highest BCUT2D eigenvalue weighted by atomic mass is 16.5. The molecule has 0 fully saturated rings. The molecule has 0 saturated carbocycles. The minimum absolute atomic E-state index is 0.203. The maximum absolute atomic E-state index is 5.61. The van der Waals surface area contributed by atoms with Crippen molar-refractivity contribution in [1.29, 1.82) is 0 Å². The number of hydrazine groups is 1. The molecule has 2 heterocycles. The lowest BCUT2D eigenvalue weighted by molar-refractivity contribution is 0.401. The Balaban J connectivity index is 2.45.